The summed E-state index contributed by atoms with van der Waals surface area (Å²) < 4.78 is 108. The lowest BCUT2D eigenvalue weighted by Crippen LogP contribution is -2.42. The molecule has 250 valence electrons. The quantitative estimate of drug-likeness (QED) is 0.163. The number of benzene rings is 4. The van der Waals surface area contributed by atoms with Gasteiger partial charge in [0, 0.05) is 17.3 Å². The number of halogens is 5. The van der Waals surface area contributed by atoms with Crippen LogP contribution in [0.4, 0.5) is 33.3 Å². The number of hydrogen-bond acceptors (Lipinski definition) is 6. The van der Waals surface area contributed by atoms with Crippen LogP contribution in [0.15, 0.2) is 95.5 Å². The number of phenolic OH excluding ortho intramolecular Hbond substituents is 1. The molecule has 4 aromatic rings. The molecule has 2 aliphatic heterocycles. The number of sulfone groups is 1. The molecule has 0 fully saturated rings. The zero-order valence-corrected chi connectivity index (χ0v) is 26.4. The van der Waals surface area contributed by atoms with E-state index in [4.69, 9.17) is 4.74 Å². The molecule has 0 saturated heterocycles. The number of nitrogens with zero attached hydrogens (tertiary/aromatic N) is 1. The third-order valence-corrected chi connectivity index (χ3v) is 10.5. The molecule has 2 N–H and O–H groups in total. The number of amides is 1. The number of fused-ring (bicyclic) bond motifs is 1. The predicted molar refractivity (Wildman–Crippen MR) is 169 cm³/mol. The lowest BCUT2D eigenvalue weighted by Gasteiger charge is -2.38. The molecule has 0 saturated carbocycles. The lowest BCUT2D eigenvalue weighted by molar-refractivity contribution is -0.138. The topological polar surface area (TPSA) is 95.9 Å². The first-order valence-corrected chi connectivity index (χ1v) is 16.4. The van der Waals surface area contributed by atoms with Gasteiger partial charge in [-0.3, -0.25) is 9.69 Å². The maximum Gasteiger partial charge on any atom is 0.417 e. The molecule has 2 aliphatic rings. The highest BCUT2D eigenvalue weighted by atomic mass is 32.2. The van der Waals surface area contributed by atoms with Gasteiger partial charge >= 0.3 is 6.18 Å². The van der Waals surface area contributed by atoms with Crippen LogP contribution in [-0.4, -0.2) is 25.2 Å². The number of anilines is 2. The maximum absolute atomic E-state index is 16.3. The van der Waals surface area contributed by atoms with E-state index in [2.05, 4.69) is 5.32 Å². The molecule has 13 heteroatoms. The number of allylic oxidation sites excluding steroid dienone is 1. The Hall–Kier alpha value is -4.91. The summed E-state index contributed by atoms with van der Waals surface area (Å²) in [5.41, 5.74) is -4.03. The summed E-state index contributed by atoms with van der Waals surface area (Å²) in [4.78, 5) is 14.6. The number of para-hydroxylation sites is 1. The Morgan fingerprint density at radius 1 is 0.979 bits per heavy atom. The Morgan fingerprint density at radius 3 is 2.38 bits per heavy atom. The normalized spacial score (nSPS) is 18.3. The van der Waals surface area contributed by atoms with Crippen LogP contribution in [0.5, 0.6) is 11.5 Å². The van der Waals surface area contributed by atoms with E-state index in [1.165, 1.54) is 30.3 Å². The van der Waals surface area contributed by atoms with Gasteiger partial charge in [0.1, 0.15) is 41.5 Å². The summed E-state index contributed by atoms with van der Waals surface area (Å²) in [5, 5.41) is 13.8. The van der Waals surface area contributed by atoms with Crippen LogP contribution in [0, 0.1) is 17.0 Å². The van der Waals surface area contributed by atoms with Crippen LogP contribution in [0.3, 0.4) is 0 Å². The van der Waals surface area contributed by atoms with Gasteiger partial charge in [0.15, 0.2) is 9.84 Å². The smallest absolute Gasteiger partial charge is 0.417 e. The van der Waals surface area contributed by atoms with Crippen molar-refractivity contribution in [3.8, 4) is 11.5 Å². The number of carbonyl (C=O) groups is 1. The number of carbonyl (C=O) groups excluding carboxylic acids is 1. The molecule has 2 heterocycles. The SMILES string of the molecule is CC1(C)CC2=C(C(c3ccc(OCc4ccccc4)cc3F)N(C(=O)c3c(F)cccc3C(F)(F)F)c3cccc(O)c3N2)S(=O)(=O)C1. The van der Waals surface area contributed by atoms with Gasteiger partial charge in [0.25, 0.3) is 5.91 Å². The fourth-order valence-corrected chi connectivity index (χ4v) is 8.62. The van der Waals surface area contributed by atoms with E-state index in [9.17, 15) is 31.5 Å². The van der Waals surface area contributed by atoms with E-state index in [0.29, 0.717) is 17.0 Å². The van der Waals surface area contributed by atoms with E-state index >= 15 is 8.78 Å². The second-order valence-corrected chi connectivity index (χ2v) is 14.4. The van der Waals surface area contributed by atoms with E-state index in [0.717, 1.165) is 17.7 Å². The Labute approximate surface area is 273 Å². The van der Waals surface area contributed by atoms with Gasteiger partial charge in [-0.1, -0.05) is 56.3 Å². The zero-order valence-electron chi connectivity index (χ0n) is 25.6. The summed E-state index contributed by atoms with van der Waals surface area (Å²) in [6, 6.07) is 16.3. The highest BCUT2D eigenvalue weighted by Gasteiger charge is 2.49. The molecule has 0 spiro atoms. The second kappa shape index (κ2) is 12.0. The number of aromatic hydroxyl groups is 1. The highest BCUT2D eigenvalue weighted by molar-refractivity contribution is 7.95. The largest absolute Gasteiger partial charge is 0.506 e. The first-order chi connectivity index (χ1) is 22.6. The van der Waals surface area contributed by atoms with Crippen molar-refractivity contribution >= 4 is 27.1 Å². The summed E-state index contributed by atoms with van der Waals surface area (Å²) in [6.07, 6.45) is -5.15. The second-order valence-electron chi connectivity index (χ2n) is 12.4. The Bertz CT molecular complexity index is 2060. The van der Waals surface area contributed by atoms with E-state index in [1.54, 1.807) is 38.1 Å². The number of phenols is 1. The van der Waals surface area contributed by atoms with Crippen LogP contribution in [-0.2, 0) is 22.6 Å². The van der Waals surface area contributed by atoms with Gasteiger partial charge in [-0.05, 0) is 53.8 Å². The van der Waals surface area contributed by atoms with Crippen molar-refractivity contribution in [3.05, 3.63) is 129 Å². The fourth-order valence-electron chi connectivity index (χ4n) is 6.27. The number of rotatable bonds is 5. The summed E-state index contributed by atoms with van der Waals surface area (Å²) >= 11 is 0. The van der Waals surface area contributed by atoms with Crippen LogP contribution in [0.25, 0.3) is 0 Å². The van der Waals surface area contributed by atoms with Crippen LogP contribution >= 0.6 is 0 Å². The van der Waals surface area contributed by atoms with Crippen molar-refractivity contribution < 1.29 is 45.0 Å². The zero-order chi connectivity index (χ0) is 34.6. The van der Waals surface area contributed by atoms with E-state index in [1.807, 2.05) is 6.07 Å². The molecular formula is C35H29F5N2O5S. The van der Waals surface area contributed by atoms with Crippen molar-refractivity contribution in [2.45, 2.75) is 39.1 Å². The van der Waals surface area contributed by atoms with E-state index in [-0.39, 0.29) is 35.8 Å². The lowest BCUT2D eigenvalue weighted by atomic mass is 9.88. The predicted octanol–water partition coefficient (Wildman–Crippen LogP) is 8.14. The van der Waals surface area contributed by atoms with Gasteiger partial charge < -0.3 is 15.2 Å². The Kier molecular flexibility index (Phi) is 8.22. The first-order valence-electron chi connectivity index (χ1n) is 14.8. The molecule has 7 nitrogen and oxygen atoms in total. The highest BCUT2D eigenvalue weighted by Crippen LogP contribution is 2.52. The molecule has 48 heavy (non-hydrogen) atoms. The van der Waals surface area contributed by atoms with Gasteiger partial charge in [-0.25, -0.2) is 17.2 Å². The number of hydrogen-bond donors (Lipinski definition) is 2. The maximum atomic E-state index is 16.3. The standard InChI is InChI=1S/C35H29F5N2O5S/c1-34(2)17-26-32(48(45,46)19-34)31(22-15-14-21(16-25(22)37)47-18-20-8-4-3-5-9-20)42(27-12-7-13-28(43)30(27)41-26)33(44)29-23(35(38,39)40)10-6-11-24(29)36/h3-16,31,41,43H,17-19H2,1-2H3. The summed E-state index contributed by atoms with van der Waals surface area (Å²) in [5.74, 6) is -5.04. The van der Waals surface area contributed by atoms with Crippen molar-refractivity contribution in [2.75, 3.05) is 16.0 Å². The minimum absolute atomic E-state index is 0.00248. The van der Waals surface area contributed by atoms with Crippen LogP contribution in [0.1, 0.15) is 53.4 Å². The average Bonchev–Trinajstić information content (AvgIpc) is 3.14. The summed E-state index contributed by atoms with van der Waals surface area (Å²) in [7, 11) is -4.39. The monoisotopic (exact) mass is 684 g/mol. The van der Waals surface area contributed by atoms with Crippen molar-refractivity contribution in [2.24, 2.45) is 5.41 Å². The molecule has 1 unspecified atom stereocenters. The molecule has 0 aromatic heterocycles. The first kappa shape index (κ1) is 33.0. The molecule has 1 amide bonds. The third-order valence-electron chi connectivity index (χ3n) is 8.20. The van der Waals surface area contributed by atoms with Crippen molar-refractivity contribution in [1.29, 1.82) is 0 Å². The molecule has 4 aromatic carbocycles. The van der Waals surface area contributed by atoms with Crippen LogP contribution < -0.4 is 15.0 Å². The average molecular weight is 685 g/mol. The van der Waals surface area contributed by atoms with Crippen molar-refractivity contribution in [1.82, 2.24) is 0 Å². The van der Waals surface area contributed by atoms with Crippen molar-refractivity contribution in [3.63, 3.8) is 0 Å². The Morgan fingerprint density at radius 2 is 1.69 bits per heavy atom. The molecule has 0 aliphatic carbocycles. The van der Waals surface area contributed by atoms with Gasteiger partial charge in [0.05, 0.1) is 27.5 Å². The molecule has 6 rings (SSSR count). The number of ether oxygens (including phenoxy) is 1. The molecule has 1 atom stereocenters. The van der Waals surface area contributed by atoms with Gasteiger partial charge in [0.2, 0.25) is 0 Å². The minimum Gasteiger partial charge on any atom is -0.506 e. The van der Waals surface area contributed by atoms with Gasteiger partial charge in [-0.15, -0.1) is 0 Å². The fraction of sp³-hybridized carbons (Fsp3) is 0.229. The molecule has 0 bridgehead atoms. The third kappa shape index (κ3) is 6.10. The number of alkyl halides is 3. The van der Waals surface area contributed by atoms with E-state index < -0.39 is 78.1 Å². The molecule has 0 radical (unpaired) electrons. The minimum atomic E-state index is -5.19. The number of nitrogens with one attached hydrogen (secondary N) is 1. The summed E-state index contributed by atoms with van der Waals surface area (Å²) in [6.45, 7) is 3.43. The molecular weight excluding hydrogens is 655 g/mol. The van der Waals surface area contributed by atoms with Gasteiger partial charge in [-0.2, -0.15) is 13.2 Å². The van der Waals surface area contributed by atoms with Crippen LogP contribution in [0.2, 0.25) is 0 Å². The Balaban J connectivity index is 1.61.